The molecule has 1 amide bonds. The smallest absolute Gasteiger partial charge is 0.265 e. The summed E-state index contributed by atoms with van der Waals surface area (Å²) >= 11 is 0. The number of carbonyl (C=O) groups is 1. The predicted octanol–water partition coefficient (Wildman–Crippen LogP) is 1.41. The summed E-state index contributed by atoms with van der Waals surface area (Å²) in [5.41, 5.74) is 2.37. The van der Waals surface area contributed by atoms with Crippen molar-refractivity contribution in [3.05, 3.63) is 54.1 Å². The largest absolute Gasteiger partial charge is 0.482 e. The van der Waals surface area contributed by atoms with Crippen LogP contribution in [0.2, 0.25) is 0 Å². The molecule has 0 fully saturated rings. The lowest BCUT2D eigenvalue weighted by atomic mass is 9.93. The molecule has 2 aromatic carbocycles. The summed E-state index contributed by atoms with van der Waals surface area (Å²) in [6.45, 7) is 0.563. The second kappa shape index (κ2) is 4.80. The highest BCUT2D eigenvalue weighted by atomic mass is 16.5. The molecule has 0 aromatic heterocycles. The number of amides is 1. The molecule has 0 saturated carbocycles. The SMILES string of the molecule is [B]c1cccc2c1OCC(=O)N2Cc1ccccc1. The Hall–Kier alpha value is -2.23. The Kier molecular flexibility index (Phi) is 2.99. The van der Waals surface area contributed by atoms with Crippen molar-refractivity contribution in [2.24, 2.45) is 0 Å². The summed E-state index contributed by atoms with van der Waals surface area (Å²) in [6.07, 6.45) is 0. The third-order valence-corrected chi connectivity index (χ3v) is 3.14. The van der Waals surface area contributed by atoms with E-state index in [2.05, 4.69) is 0 Å². The van der Waals surface area contributed by atoms with E-state index in [9.17, 15) is 4.79 Å². The van der Waals surface area contributed by atoms with Gasteiger partial charge in [0.2, 0.25) is 0 Å². The lowest BCUT2D eigenvalue weighted by molar-refractivity contribution is -0.121. The maximum absolute atomic E-state index is 12.0. The van der Waals surface area contributed by atoms with Gasteiger partial charge in [0.1, 0.15) is 13.6 Å². The van der Waals surface area contributed by atoms with E-state index in [4.69, 9.17) is 12.6 Å². The quantitative estimate of drug-likeness (QED) is 0.753. The zero-order valence-corrected chi connectivity index (χ0v) is 10.4. The molecule has 3 nitrogen and oxygen atoms in total. The van der Waals surface area contributed by atoms with Gasteiger partial charge >= 0.3 is 0 Å². The molecule has 1 heterocycles. The number of nitrogens with zero attached hydrogens (tertiary/aromatic N) is 1. The van der Waals surface area contributed by atoms with Crippen LogP contribution in [0.15, 0.2) is 48.5 Å². The van der Waals surface area contributed by atoms with Crippen molar-refractivity contribution in [2.45, 2.75) is 6.54 Å². The normalized spacial score (nSPS) is 13.9. The van der Waals surface area contributed by atoms with Crippen LogP contribution >= 0.6 is 0 Å². The fourth-order valence-electron chi connectivity index (χ4n) is 2.20. The molecule has 0 saturated heterocycles. The van der Waals surface area contributed by atoms with Crippen LogP contribution in [0.1, 0.15) is 5.56 Å². The highest BCUT2D eigenvalue weighted by molar-refractivity contribution is 6.35. The van der Waals surface area contributed by atoms with Gasteiger partial charge in [-0.1, -0.05) is 47.9 Å². The highest BCUT2D eigenvalue weighted by Crippen LogP contribution is 2.30. The Morgan fingerprint density at radius 3 is 2.68 bits per heavy atom. The van der Waals surface area contributed by atoms with Gasteiger partial charge in [0.05, 0.1) is 12.2 Å². The predicted molar refractivity (Wildman–Crippen MR) is 75.0 cm³/mol. The van der Waals surface area contributed by atoms with E-state index >= 15 is 0 Å². The van der Waals surface area contributed by atoms with Gasteiger partial charge in [0.25, 0.3) is 5.91 Å². The maximum atomic E-state index is 12.0. The molecule has 4 heteroatoms. The zero-order chi connectivity index (χ0) is 13.2. The number of ether oxygens (including phenoxy) is 1. The number of anilines is 1. The van der Waals surface area contributed by atoms with E-state index in [-0.39, 0.29) is 12.5 Å². The number of benzene rings is 2. The molecule has 0 bridgehead atoms. The van der Waals surface area contributed by atoms with Crippen LogP contribution in [0, 0.1) is 0 Å². The molecule has 0 atom stereocenters. The van der Waals surface area contributed by atoms with Gasteiger partial charge < -0.3 is 9.64 Å². The summed E-state index contributed by atoms with van der Waals surface area (Å²) < 4.78 is 5.42. The Morgan fingerprint density at radius 2 is 1.89 bits per heavy atom. The molecule has 0 aliphatic carbocycles. The van der Waals surface area contributed by atoms with Crippen molar-refractivity contribution < 1.29 is 9.53 Å². The van der Waals surface area contributed by atoms with Gasteiger partial charge in [-0.05, 0) is 11.6 Å². The summed E-state index contributed by atoms with van der Waals surface area (Å²) in [7, 11) is 5.88. The van der Waals surface area contributed by atoms with Crippen LogP contribution in [0.3, 0.4) is 0 Å². The second-order valence-corrected chi connectivity index (χ2v) is 4.45. The third kappa shape index (κ3) is 2.21. The van der Waals surface area contributed by atoms with Crippen LogP contribution in [0.25, 0.3) is 0 Å². The average Bonchev–Trinajstić information content (AvgIpc) is 2.43. The van der Waals surface area contributed by atoms with Crippen molar-refractivity contribution >= 4 is 24.9 Å². The van der Waals surface area contributed by atoms with Gasteiger partial charge in [-0.2, -0.15) is 0 Å². The number of fused-ring (bicyclic) bond motifs is 1. The third-order valence-electron chi connectivity index (χ3n) is 3.14. The lowest BCUT2D eigenvalue weighted by Crippen LogP contribution is -2.39. The number of hydrogen-bond donors (Lipinski definition) is 0. The second-order valence-electron chi connectivity index (χ2n) is 4.45. The van der Waals surface area contributed by atoms with Gasteiger partial charge in [0, 0.05) is 0 Å². The maximum Gasteiger partial charge on any atom is 0.265 e. The van der Waals surface area contributed by atoms with E-state index in [1.54, 1.807) is 11.0 Å². The van der Waals surface area contributed by atoms with Crippen LogP contribution < -0.4 is 15.1 Å². The van der Waals surface area contributed by atoms with Gasteiger partial charge in [-0.3, -0.25) is 4.79 Å². The molecule has 2 aromatic rings. The molecule has 2 radical (unpaired) electrons. The van der Waals surface area contributed by atoms with Crippen LogP contribution in [-0.4, -0.2) is 20.4 Å². The first-order valence-electron chi connectivity index (χ1n) is 6.11. The molecule has 1 aliphatic rings. The molecule has 19 heavy (non-hydrogen) atoms. The van der Waals surface area contributed by atoms with Crippen molar-refractivity contribution in [1.29, 1.82) is 0 Å². The molecule has 92 valence electrons. The monoisotopic (exact) mass is 249 g/mol. The van der Waals surface area contributed by atoms with Crippen LogP contribution in [0.5, 0.6) is 5.75 Å². The first kappa shape index (κ1) is 11.8. The molecule has 0 unspecified atom stereocenters. The Bertz CT molecular complexity index is 613. The van der Waals surface area contributed by atoms with Crippen molar-refractivity contribution in [3.63, 3.8) is 0 Å². The Morgan fingerprint density at radius 1 is 1.11 bits per heavy atom. The molecule has 3 rings (SSSR count). The number of carbonyl (C=O) groups excluding carboxylic acids is 1. The molecule has 1 aliphatic heterocycles. The summed E-state index contributed by atoms with van der Waals surface area (Å²) in [6, 6.07) is 15.3. The Balaban J connectivity index is 1.98. The number of para-hydroxylation sites is 1. The highest BCUT2D eigenvalue weighted by Gasteiger charge is 2.26. The fraction of sp³-hybridized carbons (Fsp3) is 0.133. The number of rotatable bonds is 2. The minimum absolute atomic E-state index is 0.0358. The van der Waals surface area contributed by atoms with E-state index in [1.807, 2.05) is 42.5 Å². The molecular formula is C15H12BNO2. The van der Waals surface area contributed by atoms with E-state index < -0.39 is 0 Å². The molecule has 0 N–H and O–H groups in total. The fourth-order valence-corrected chi connectivity index (χ4v) is 2.20. The van der Waals surface area contributed by atoms with Gasteiger partial charge in [-0.25, -0.2) is 0 Å². The van der Waals surface area contributed by atoms with Crippen LogP contribution in [0.4, 0.5) is 5.69 Å². The average molecular weight is 249 g/mol. The topological polar surface area (TPSA) is 29.5 Å². The lowest BCUT2D eigenvalue weighted by Gasteiger charge is -2.30. The van der Waals surface area contributed by atoms with Crippen molar-refractivity contribution in [3.8, 4) is 5.75 Å². The summed E-state index contributed by atoms with van der Waals surface area (Å²) in [5.74, 6) is 0.542. The van der Waals surface area contributed by atoms with Gasteiger partial charge in [0.15, 0.2) is 6.61 Å². The summed E-state index contributed by atoms with van der Waals surface area (Å²) in [5, 5.41) is 0. The van der Waals surface area contributed by atoms with E-state index in [0.29, 0.717) is 17.8 Å². The van der Waals surface area contributed by atoms with Crippen LogP contribution in [-0.2, 0) is 11.3 Å². The molecule has 0 spiro atoms. The van der Waals surface area contributed by atoms with Crippen molar-refractivity contribution in [1.82, 2.24) is 0 Å². The zero-order valence-electron chi connectivity index (χ0n) is 10.4. The minimum atomic E-state index is -0.0537. The van der Waals surface area contributed by atoms with E-state index in [0.717, 1.165) is 11.3 Å². The van der Waals surface area contributed by atoms with Gasteiger partial charge in [-0.15, -0.1) is 0 Å². The summed E-state index contributed by atoms with van der Waals surface area (Å²) in [4.78, 5) is 13.7. The molecular weight excluding hydrogens is 237 g/mol. The first-order valence-corrected chi connectivity index (χ1v) is 6.11. The van der Waals surface area contributed by atoms with Crippen molar-refractivity contribution in [2.75, 3.05) is 11.5 Å². The first-order chi connectivity index (χ1) is 9.25. The minimum Gasteiger partial charge on any atom is -0.482 e. The standard InChI is InChI=1S/C15H12BNO2/c16-12-7-4-8-13-15(12)19-10-14(18)17(13)9-11-5-2-1-3-6-11/h1-8H,9-10H2. The van der Waals surface area contributed by atoms with E-state index in [1.165, 1.54) is 0 Å². The Labute approximate surface area is 113 Å². The number of hydrogen-bond acceptors (Lipinski definition) is 2.